The molecule has 182 valence electrons. The van der Waals surface area contributed by atoms with Crippen LogP contribution in [-0.2, 0) is 0 Å². The van der Waals surface area contributed by atoms with E-state index in [9.17, 15) is 9.59 Å². The van der Waals surface area contributed by atoms with Gasteiger partial charge in [0.05, 0.1) is 34.9 Å². The standard InChI is InChI=1S/C29H29N5O2/c1-20(15-24-11-7-5-8-12-24)18-30-33-28(35)26-17-27(23(4)32-22(26)3)29(36)34-31-19-21(2)16-25-13-9-6-10-14-25/h5-19H,1-4H3,(H,33,35)(H,34,36)/b20-15-,21-16+,30-18+,31-19+. The number of hydrogen-bond donors (Lipinski definition) is 2. The summed E-state index contributed by atoms with van der Waals surface area (Å²) in [6.07, 6.45) is 7.03. The van der Waals surface area contributed by atoms with E-state index in [0.29, 0.717) is 11.4 Å². The number of carbonyl (C=O) groups is 2. The molecule has 0 bridgehead atoms. The van der Waals surface area contributed by atoms with Gasteiger partial charge in [-0.1, -0.05) is 72.8 Å². The van der Waals surface area contributed by atoms with Crippen LogP contribution in [0, 0.1) is 13.8 Å². The quantitative estimate of drug-likeness (QED) is 0.337. The number of allylic oxidation sites excluding steroid dienone is 2. The second-order valence-electron chi connectivity index (χ2n) is 8.25. The van der Waals surface area contributed by atoms with Gasteiger partial charge in [-0.25, -0.2) is 10.9 Å². The van der Waals surface area contributed by atoms with Gasteiger partial charge >= 0.3 is 0 Å². The SMILES string of the molecule is CC(=C/c1ccccc1)/C=N/NC(=O)c1cc(C(=O)N/N=C/C(C)=C/c2ccccc2)c(C)nc1C. The lowest BCUT2D eigenvalue weighted by Gasteiger charge is -2.09. The van der Waals surface area contributed by atoms with Gasteiger partial charge in [-0.2, -0.15) is 10.2 Å². The fourth-order valence-electron chi connectivity index (χ4n) is 3.39. The highest BCUT2D eigenvalue weighted by Gasteiger charge is 2.17. The normalized spacial score (nSPS) is 12.2. The fraction of sp³-hybridized carbons (Fsp3) is 0.138. The molecule has 3 aromatic rings. The monoisotopic (exact) mass is 479 g/mol. The number of amides is 2. The van der Waals surface area contributed by atoms with Gasteiger partial charge in [0.2, 0.25) is 0 Å². The third-order valence-electron chi connectivity index (χ3n) is 5.15. The number of benzene rings is 2. The summed E-state index contributed by atoms with van der Waals surface area (Å²) in [4.78, 5) is 29.8. The van der Waals surface area contributed by atoms with E-state index in [1.807, 2.05) is 86.7 Å². The fourth-order valence-corrected chi connectivity index (χ4v) is 3.39. The second kappa shape index (κ2) is 12.7. The van der Waals surface area contributed by atoms with Crippen molar-refractivity contribution in [1.29, 1.82) is 0 Å². The second-order valence-corrected chi connectivity index (χ2v) is 8.25. The van der Waals surface area contributed by atoms with Gasteiger partial charge in [0.25, 0.3) is 11.8 Å². The minimum atomic E-state index is -0.456. The summed E-state index contributed by atoms with van der Waals surface area (Å²) in [7, 11) is 0. The van der Waals surface area contributed by atoms with Crippen molar-refractivity contribution in [3.63, 3.8) is 0 Å². The first-order valence-corrected chi connectivity index (χ1v) is 11.4. The molecule has 2 amide bonds. The van der Waals surface area contributed by atoms with Crippen LogP contribution in [-0.4, -0.2) is 29.2 Å². The predicted octanol–water partition coefficient (Wildman–Crippen LogP) is 5.34. The van der Waals surface area contributed by atoms with E-state index >= 15 is 0 Å². The Balaban J connectivity index is 1.66. The maximum atomic E-state index is 12.7. The number of nitrogens with zero attached hydrogens (tertiary/aromatic N) is 3. The van der Waals surface area contributed by atoms with Crippen LogP contribution >= 0.6 is 0 Å². The molecule has 0 radical (unpaired) electrons. The molecule has 0 unspecified atom stereocenters. The van der Waals surface area contributed by atoms with Crippen molar-refractivity contribution in [3.05, 3.63) is 112 Å². The highest BCUT2D eigenvalue weighted by atomic mass is 16.2. The van der Waals surface area contributed by atoms with Gasteiger partial charge in [0, 0.05) is 0 Å². The van der Waals surface area contributed by atoms with Crippen LogP contribution in [0.1, 0.15) is 57.1 Å². The highest BCUT2D eigenvalue weighted by molar-refractivity contribution is 6.01. The molecule has 0 saturated carbocycles. The molecule has 1 heterocycles. The first kappa shape index (κ1) is 26.0. The number of hydrazone groups is 2. The summed E-state index contributed by atoms with van der Waals surface area (Å²) in [5.74, 6) is -0.911. The largest absolute Gasteiger partial charge is 0.273 e. The molecule has 0 aliphatic heterocycles. The molecule has 2 N–H and O–H groups in total. The first-order valence-electron chi connectivity index (χ1n) is 11.4. The lowest BCUT2D eigenvalue weighted by Crippen LogP contribution is -2.23. The van der Waals surface area contributed by atoms with Gasteiger partial charge in [-0.15, -0.1) is 0 Å². The lowest BCUT2D eigenvalue weighted by atomic mass is 10.1. The van der Waals surface area contributed by atoms with Gasteiger partial charge in [0.1, 0.15) is 0 Å². The zero-order valence-electron chi connectivity index (χ0n) is 20.8. The minimum Gasteiger partial charge on any atom is -0.267 e. The topological polar surface area (TPSA) is 95.8 Å². The van der Waals surface area contributed by atoms with Crippen LogP contribution < -0.4 is 10.9 Å². The Morgan fingerprint density at radius 3 is 1.47 bits per heavy atom. The lowest BCUT2D eigenvalue weighted by molar-refractivity contribution is 0.0954. The van der Waals surface area contributed by atoms with Crippen LogP contribution in [0.4, 0.5) is 0 Å². The molecule has 7 nitrogen and oxygen atoms in total. The molecule has 0 aliphatic rings. The van der Waals surface area contributed by atoms with E-state index in [4.69, 9.17) is 0 Å². The number of aryl methyl sites for hydroxylation is 2. The zero-order valence-corrected chi connectivity index (χ0v) is 20.8. The average molecular weight is 480 g/mol. The van der Waals surface area contributed by atoms with E-state index in [1.165, 1.54) is 6.07 Å². The maximum absolute atomic E-state index is 12.7. The Bertz CT molecular complexity index is 1240. The number of pyridine rings is 1. The number of aromatic nitrogens is 1. The predicted molar refractivity (Wildman–Crippen MR) is 146 cm³/mol. The van der Waals surface area contributed by atoms with Crippen molar-refractivity contribution < 1.29 is 9.59 Å². The summed E-state index contributed by atoms with van der Waals surface area (Å²) < 4.78 is 0. The summed E-state index contributed by atoms with van der Waals surface area (Å²) in [6, 6.07) is 21.1. The van der Waals surface area contributed by atoms with Crippen molar-refractivity contribution in [2.45, 2.75) is 27.7 Å². The maximum Gasteiger partial charge on any atom is 0.273 e. The first-order chi connectivity index (χ1) is 17.3. The van der Waals surface area contributed by atoms with Crippen molar-refractivity contribution >= 4 is 36.4 Å². The van der Waals surface area contributed by atoms with Crippen LogP contribution in [0.2, 0.25) is 0 Å². The summed E-state index contributed by atoms with van der Waals surface area (Å²) in [5, 5.41) is 8.07. The Morgan fingerprint density at radius 1 is 0.694 bits per heavy atom. The summed E-state index contributed by atoms with van der Waals surface area (Å²) >= 11 is 0. The molecule has 0 fully saturated rings. The van der Waals surface area contributed by atoms with Crippen LogP contribution in [0.15, 0.2) is 88.1 Å². The van der Waals surface area contributed by atoms with E-state index in [2.05, 4.69) is 26.0 Å². The number of hydrogen-bond acceptors (Lipinski definition) is 5. The van der Waals surface area contributed by atoms with Crippen LogP contribution in [0.5, 0.6) is 0 Å². The van der Waals surface area contributed by atoms with Crippen molar-refractivity contribution in [1.82, 2.24) is 15.8 Å². The molecule has 1 aromatic heterocycles. The average Bonchev–Trinajstić information content (AvgIpc) is 2.85. The summed E-state index contributed by atoms with van der Waals surface area (Å²) in [6.45, 7) is 7.20. The molecule has 0 atom stereocenters. The molecule has 3 rings (SSSR count). The molecular formula is C29H29N5O2. The molecule has 2 aromatic carbocycles. The molecule has 0 aliphatic carbocycles. The Hall–Kier alpha value is -4.65. The van der Waals surface area contributed by atoms with Crippen molar-refractivity contribution in [2.75, 3.05) is 0 Å². The molecule has 36 heavy (non-hydrogen) atoms. The molecule has 7 heteroatoms. The Kier molecular flexibility index (Phi) is 9.17. The Labute approximate surface area is 211 Å². The van der Waals surface area contributed by atoms with E-state index in [0.717, 1.165) is 22.3 Å². The van der Waals surface area contributed by atoms with E-state index in [1.54, 1.807) is 26.3 Å². The van der Waals surface area contributed by atoms with Gasteiger partial charge < -0.3 is 0 Å². The molecular weight excluding hydrogens is 450 g/mol. The Morgan fingerprint density at radius 2 is 1.08 bits per heavy atom. The van der Waals surface area contributed by atoms with Gasteiger partial charge in [-0.05, 0) is 56.0 Å². The zero-order chi connectivity index (χ0) is 25.9. The third kappa shape index (κ3) is 7.70. The van der Waals surface area contributed by atoms with Crippen LogP contribution in [0.3, 0.4) is 0 Å². The number of rotatable bonds is 8. The van der Waals surface area contributed by atoms with Gasteiger partial charge in [-0.3, -0.25) is 14.6 Å². The minimum absolute atomic E-state index is 0.261. The van der Waals surface area contributed by atoms with E-state index in [-0.39, 0.29) is 11.1 Å². The van der Waals surface area contributed by atoms with Crippen molar-refractivity contribution in [3.8, 4) is 0 Å². The number of nitrogens with one attached hydrogen (secondary N) is 2. The molecule has 0 saturated heterocycles. The van der Waals surface area contributed by atoms with E-state index < -0.39 is 11.8 Å². The highest BCUT2D eigenvalue weighted by Crippen LogP contribution is 2.13. The smallest absolute Gasteiger partial charge is 0.267 e. The van der Waals surface area contributed by atoms with Crippen molar-refractivity contribution in [2.24, 2.45) is 10.2 Å². The van der Waals surface area contributed by atoms with Crippen LogP contribution in [0.25, 0.3) is 12.2 Å². The third-order valence-corrected chi connectivity index (χ3v) is 5.15. The van der Waals surface area contributed by atoms with Gasteiger partial charge in [0.15, 0.2) is 0 Å². The molecule has 0 spiro atoms. The number of carbonyl (C=O) groups excluding carboxylic acids is 2. The summed E-state index contributed by atoms with van der Waals surface area (Å²) in [5.41, 5.74) is 10.3.